The highest BCUT2D eigenvalue weighted by atomic mass is 32.2. The number of carbonyl (C=O) groups is 2. The number of ether oxygens (including phenoxy) is 2. The molecule has 2 aliphatic rings. The molecule has 11 nitrogen and oxygen atoms in total. The van der Waals surface area contributed by atoms with Gasteiger partial charge in [0.25, 0.3) is 5.91 Å². The maximum absolute atomic E-state index is 13.5. The van der Waals surface area contributed by atoms with Crippen LogP contribution in [0, 0.1) is 10.8 Å². The summed E-state index contributed by atoms with van der Waals surface area (Å²) >= 11 is 1.43. The van der Waals surface area contributed by atoms with Gasteiger partial charge in [0.15, 0.2) is 11.0 Å². The van der Waals surface area contributed by atoms with Crippen LogP contribution < -0.4 is 5.73 Å². The number of amides is 1. The van der Waals surface area contributed by atoms with E-state index in [0.717, 1.165) is 18.7 Å². The van der Waals surface area contributed by atoms with Crippen LogP contribution in [0.5, 0.6) is 0 Å². The number of nitrogens with zero attached hydrogens (tertiary/aromatic N) is 5. The van der Waals surface area contributed by atoms with E-state index in [2.05, 4.69) is 10.00 Å². The molecule has 0 aliphatic carbocycles. The Hall–Kier alpha value is -2.80. The fourth-order valence-electron chi connectivity index (χ4n) is 4.61. The van der Waals surface area contributed by atoms with E-state index in [1.807, 2.05) is 37.8 Å². The zero-order valence-corrected chi connectivity index (χ0v) is 23.3. The molecule has 1 amide bonds. The van der Waals surface area contributed by atoms with Gasteiger partial charge >= 0.3 is 0 Å². The smallest absolute Gasteiger partial charge is 0.257 e. The van der Waals surface area contributed by atoms with Gasteiger partial charge in [-0.1, -0.05) is 36.0 Å². The molecule has 0 saturated carbocycles. The summed E-state index contributed by atoms with van der Waals surface area (Å²) in [5.74, 6) is 1.02. The molecule has 2 unspecified atom stereocenters. The van der Waals surface area contributed by atoms with Crippen molar-refractivity contribution >= 4 is 29.4 Å². The van der Waals surface area contributed by atoms with Crippen molar-refractivity contribution < 1.29 is 19.1 Å². The fourth-order valence-corrected chi connectivity index (χ4v) is 5.50. The number of amidine groups is 1. The van der Waals surface area contributed by atoms with E-state index in [-0.39, 0.29) is 36.2 Å². The van der Waals surface area contributed by atoms with Crippen molar-refractivity contribution in [3.8, 4) is 0 Å². The van der Waals surface area contributed by atoms with E-state index in [0.29, 0.717) is 48.6 Å². The highest BCUT2D eigenvalue weighted by Crippen LogP contribution is 2.35. The van der Waals surface area contributed by atoms with Crippen LogP contribution in [0.2, 0.25) is 0 Å². The van der Waals surface area contributed by atoms with Gasteiger partial charge < -0.3 is 20.1 Å². The average molecular weight is 544 g/mol. The minimum Gasteiger partial charge on any atom is -0.384 e. The monoisotopic (exact) mass is 543 g/mol. The Bertz CT molecular complexity index is 1160. The van der Waals surface area contributed by atoms with Crippen LogP contribution in [-0.4, -0.2) is 101 Å². The van der Waals surface area contributed by atoms with Crippen LogP contribution in [0.3, 0.4) is 0 Å². The predicted octanol–water partition coefficient (Wildman–Crippen LogP) is 1.81. The first kappa shape index (κ1) is 28.2. The summed E-state index contributed by atoms with van der Waals surface area (Å²) < 4.78 is 12.1. The Morgan fingerprint density at radius 1 is 1.24 bits per heavy atom. The van der Waals surface area contributed by atoms with Crippen molar-refractivity contribution in [1.82, 2.24) is 24.6 Å². The highest BCUT2D eigenvalue weighted by Gasteiger charge is 2.43. The largest absolute Gasteiger partial charge is 0.384 e. The van der Waals surface area contributed by atoms with Gasteiger partial charge in [0, 0.05) is 44.1 Å². The van der Waals surface area contributed by atoms with Crippen molar-refractivity contribution in [2.45, 2.75) is 43.6 Å². The van der Waals surface area contributed by atoms with Gasteiger partial charge in [0.2, 0.25) is 5.91 Å². The maximum atomic E-state index is 13.5. The molecule has 2 aromatic rings. The number of hydrogen-bond donors (Lipinski definition) is 2. The number of benzene rings is 1. The Labute approximate surface area is 227 Å². The molecule has 12 heteroatoms. The third-order valence-electron chi connectivity index (χ3n) is 7.09. The second kappa shape index (κ2) is 11.9. The van der Waals surface area contributed by atoms with Crippen LogP contribution in [0.15, 0.2) is 29.4 Å². The van der Waals surface area contributed by atoms with E-state index in [4.69, 9.17) is 25.6 Å². The first-order chi connectivity index (χ1) is 18.1. The maximum Gasteiger partial charge on any atom is 0.257 e. The zero-order chi connectivity index (χ0) is 27.4. The number of thioether (sulfide) groups is 1. The number of aromatic nitrogens is 3. The Morgan fingerprint density at radius 2 is 1.92 bits per heavy atom. The molecule has 4 rings (SSSR count). The molecule has 2 aliphatic heterocycles. The highest BCUT2D eigenvalue weighted by molar-refractivity contribution is 7.98. The number of methoxy groups -OCH3 is 1. The molecule has 0 radical (unpaired) electrons. The van der Waals surface area contributed by atoms with Gasteiger partial charge in [0.1, 0.15) is 5.84 Å². The van der Waals surface area contributed by atoms with E-state index in [9.17, 15) is 9.59 Å². The van der Waals surface area contributed by atoms with Gasteiger partial charge in [0.05, 0.1) is 37.7 Å². The van der Waals surface area contributed by atoms with Crippen molar-refractivity contribution in [1.29, 1.82) is 5.41 Å². The molecule has 3 heterocycles. The van der Waals surface area contributed by atoms with Gasteiger partial charge in [-0.05, 0) is 26.3 Å². The molecule has 38 heavy (non-hydrogen) atoms. The molecule has 2 fully saturated rings. The van der Waals surface area contributed by atoms with Crippen LogP contribution in [0.1, 0.15) is 48.4 Å². The SMILES string of the molecule is COCC(C)(C)C(=O)n1nc(C2CN(C(=O)CN3CCOCC3)C2C)nc1SCc1ccc(C(=N)N)cc1. The molecule has 206 valence electrons. The molecule has 3 N–H and O–H groups in total. The molecule has 0 spiro atoms. The first-order valence-electron chi connectivity index (χ1n) is 12.8. The molecule has 1 aromatic heterocycles. The molecule has 0 bridgehead atoms. The number of nitrogen functional groups attached to an aromatic ring is 1. The zero-order valence-electron chi connectivity index (χ0n) is 22.5. The summed E-state index contributed by atoms with van der Waals surface area (Å²) in [6, 6.07) is 7.38. The van der Waals surface area contributed by atoms with Crippen LogP contribution in [-0.2, 0) is 20.0 Å². The molecular formula is C26H37N7O4S. The minimum atomic E-state index is -0.788. The van der Waals surface area contributed by atoms with Crippen LogP contribution in [0.4, 0.5) is 0 Å². The van der Waals surface area contributed by atoms with Crippen molar-refractivity contribution in [2.75, 3.05) is 53.1 Å². The quantitative estimate of drug-likeness (QED) is 0.261. The summed E-state index contributed by atoms with van der Waals surface area (Å²) in [6.07, 6.45) is 0. The number of likely N-dealkylation sites (tertiary alicyclic amines) is 1. The number of rotatable bonds is 10. The third kappa shape index (κ3) is 6.25. The van der Waals surface area contributed by atoms with E-state index < -0.39 is 5.41 Å². The summed E-state index contributed by atoms with van der Waals surface area (Å²) in [5.41, 5.74) is 6.44. The standard InChI is InChI=1S/C26H37N7O4S/c1-17-20(13-32(17)21(34)14-31-9-11-37-12-10-31)23-29-25(33(30-23)24(35)26(2,3)16-36-4)38-15-18-5-7-19(8-6-18)22(27)28/h5-8,17,20H,9-16H2,1-4H3,(H3,27,28). The van der Waals surface area contributed by atoms with Crippen LogP contribution in [0.25, 0.3) is 0 Å². The molecule has 1 aromatic carbocycles. The van der Waals surface area contributed by atoms with E-state index in [1.165, 1.54) is 16.4 Å². The van der Waals surface area contributed by atoms with Gasteiger partial charge in [-0.3, -0.25) is 19.9 Å². The van der Waals surface area contributed by atoms with E-state index >= 15 is 0 Å². The Balaban J connectivity index is 1.49. The number of nitrogens with one attached hydrogen (secondary N) is 1. The van der Waals surface area contributed by atoms with Gasteiger partial charge in [-0.15, -0.1) is 5.10 Å². The van der Waals surface area contributed by atoms with Crippen molar-refractivity contribution in [3.63, 3.8) is 0 Å². The third-order valence-corrected chi connectivity index (χ3v) is 8.09. The fraction of sp³-hybridized carbons (Fsp3) is 0.577. The first-order valence-corrected chi connectivity index (χ1v) is 13.8. The Kier molecular flexibility index (Phi) is 8.86. The second-order valence-electron chi connectivity index (χ2n) is 10.5. The Morgan fingerprint density at radius 3 is 2.53 bits per heavy atom. The average Bonchev–Trinajstić information content (AvgIpc) is 3.30. The lowest BCUT2D eigenvalue weighted by Gasteiger charge is -2.45. The second-order valence-corrected chi connectivity index (χ2v) is 11.4. The van der Waals surface area contributed by atoms with Gasteiger partial charge in [-0.25, -0.2) is 4.98 Å². The minimum absolute atomic E-state index is 0.0200. The lowest BCUT2D eigenvalue weighted by molar-refractivity contribution is -0.142. The summed E-state index contributed by atoms with van der Waals surface area (Å²) in [7, 11) is 1.57. The van der Waals surface area contributed by atoms with Gasteiger partial charge in [-0.2, -0.15) is 4.68 Å². The molecule has 2 saturated heterocycles. The van der Waals surface area contributed by atoms with Crippen molar-refractivity contribution in [2.24, 2.45) is 11.1 Å². The lowest BCUT2D eigenvalue weighted by atomic mass is 9.89. The number of nitrogens with two attached hydrogens (primary N) is 1. The molecule has 2 atom stereocenters. The normalized spacial score (nSPS) is 20.3. The lowest BCUT2D eigenvalue weighted by Crippen LogP contribution is -2.58. The van der Waals surface area contributed by atoms with Crippen molar-refractivity contribution in [3.05, 3.63) is 41.2 Å². The number of carbonyl (C=O) groups excluding carboxylic acids is 2. The number of morpholine rings is 1. The van der Waals surface area contributed by atoms with Crippen LogP contribution >= 0.6 is 11.8 Å². The summed E-state index contributed by atoms with van der Waals surface area (Å²) in [5, 5.41) is 12.7. The molecular weight excluding hydrogens is 506 g/mol. The topological polar surface area (TPSA) is 140 Å². The number of hydrogen-bond acceptors (Lipinski definition) is 9. The summed E-state index contributed by atoms with van der Waals surface area (Å²) in [4.78, 5) is 35.1. The van der Waals surface area contributed by atoms with E-state index in [1.54, 1.807) is 19.2 Å². The summed E-state index contributed by atoms with van der Waals surface area (Å²) in [6.45, 7) is 9.66. The predicted molar refractivity (Wildman–Crippen MR) is 144 cm³/mol.